The van der Waals surface area contributed by atoms with Crippen LogP contribution in [0.25, 0.3) is 0 Å². The van der Waals surface area contributed by atoms with E-state index in [9.17, 15) is 4.39 Å². The largest absolute Gasteiger partial charge is 0.296 e. The molecule has 102 valence electrons. The fourth-order valence-corrected chi connectivity index (χ4v) is 2.40. The molecule has 0 saturated carbocycles. The lowest BCUT2D eigenvalue weighted by Crippen LogP contribution is -2.53. The summed E-state index contributed by atoms with van der Waals surface area (Å²) in [4.78, 5) is 4.42. The molecule has 1 saturated heterocycles. The van der Waals surface area contributed by atoms with Crippen molar-refractivity contribution in [3.63, 3.8) is 0 Å². The van der Waals surface area contributed by atoms with E-state index in [1.165, 1.54) is 6.07 Å². The van der Waals surface area contributed by atoms with Crippen molar-refractivity contribution in [3.8, 4) is 6.07 Å². The van der Waals surface area contributed by atoms with Gasteiger partial charge in [-0.1, -0.05) is 18.2 Å². The molecule has 1 aromatic rings. The Morgan fingerprint density at radius 1 is 1.21 bits per heavy atom. The standard InChI is InChI=1S/C15H20FN3/c1-15(2,12-17)19-9-7-18(8-10-19)11-13-5-3-4-6-14(13)16/h3-6H,7-11H2,1-2H3. The first-order valence-electron chi connectivity index (χ1n) is 6.65. The minimum atomic E-state index is -0.413. The summed E-state index contributed by atoms with van der Waals surface area (Å²) < 4.78 is 13.6. The molecule has 1 heterocycles. The van der Waals surface area contributed by atoms with Gasteiger partial charge in [-0.15, -0.1) is 0 Å². The third kappa shape index (κ3) is 3.31. The van der Waals surface area contributed by atoms with E-state index >= 15 is 0 Å². The van der Waals surface area contributed by atoms with Gasteiger partial charge >= 0.3 is 0 Å². The second-order valence-corrected chi connectivity index (χ2v) is 5.53. The number of benzene rings is 1. The predicted molar refractivity (Wildman–Crippen MR) is 72.9 cm³/mol. The first kappa shape index (κ1) is 14.0. The van der Waals surface area contributed by atoms with Gasteiger partial charge in [0.15, 0.2) is 0 Å². The predicted octanol–water partition coefficient (Wildman–Crippen LogP) is 2.25. The van der Waals surface area contributed by atoms with E-state index < -0.39 is 5.54 Å². The van der Waals surface area contributed by atoms with Gasteiger partial charge in [0.1, 0.15) is 11.4 Å². The highest BCUT2D eigenvalue weighted by Crippen LogP contribution is 2.17. The summed E-state index contributed by atoms with van der Waals surface area (Å²) in [6, 6.07) is 9.25. The average molecular weight is 261 g/mol. The van der Waals surface area contributed by atoms with Gasteiger partial charge in [0.05, 0.1) is 6.07 Å². The van der Waals surface area contributed by atoms with Crippen LogP contribution in [0.3, 0.4) is 0 Å². The molecule has 1 aromatic carbocycles. The Bertz CT molecular complexity index is 471. The first-order valence-corrected chi connectivity index (χ1v) is 6.65. The van der Waals surface area contributed by atoms with E-state index in [0.29, 0.717) is 6.54 Å². The fourth-order valence-electron chi connectivity index (χ4n) is 2.40. The summed E-state index contributed by atoms with van der Waals surface area (Å²) in [5, 5.41) is 9.13. The van der Waals surface area contributed by atoms with Gasteiger partial charge in [0, 0.05) is 38.3 Å². The molecule has 1 aliphatic heterocycles. The summed E-state index contributed by atoms with van der Waals surface area (Å²) >= 11 is 0. The topological polar surface area (TPSA) is 30.3 Å². The monoisotopic (exact) mass is 261 g/mol. The van der Waals surface area contributed by atoms with E-state index in [1.54, 1.807) is 6.07 Å². The number of halogens is 1. The van der Waals surface area contributed by atoms with E-state index in [2.05, 4.69) is 15.9 Å². The van der Waals surface area contributed by atoms with Crippen LogP contribution < -0.4 is 0 Å². The second-order valence-electron chi connectivity index (χ2n) is 5.53. The molecule has 3 nitrogen and oxygen atoms in total. The van der Waals surface area contributed by atoms with Gasteiger partial charge in [-0.05, 0) is 19.9 Å². The Balaban J connectivity index is 1.91. The molecule has 0 spiro atoms. The number of piperazine rings is 1. The molecule has 19 heavy (non-hydrogen) atoms. The van der Waals surface area contributed by atoms with Crippen molar-refractivity contribution in [3.05, 3.63) is 35.6 Å². The zero-order valence-corrected chi connectivity index (χ0v) is 11.6. The van der Waals surface area contributed by atoms with Crippen molar-refractivity contribution in [2.75, 3.05) is 26.2 Å². The molecule has 0 amide bonds. The normalized spacial score (nSPS) is 18.2. The quantitative estimate of drug-likeness (QED) is 0.836. The lowest BCUT2D eigenvalue weighted by Gasteiger charge is -2.40. The Morgan fingerprint density at radius 3 is 2.42 bits per heavy atom. The van der Waals surface area contributed by atoms with Crippen molar-refractivity contribution in [2.45, 2.75) is 25.9 Å². The van der Waals surface area contributed by atoms with Crippen molar-refractivity contribution in [1.29, 1.82) is 5.26 Å². The lowest BCUT2D eigenvalue weighted by molar-refractivity contribution is 0.0758. The van der Waals surface area contributed by atoms with E-state index in [4.69, 9.17) is 5.26 Å². The first-order chi connectivity index (χ1) is 9.03. The number of nitriles is 1. The molecule has 0 N–H and O–H groups in total. The van der Waals surface area contributed by atoms with Gasteiger partial charge in [-0.2, -0.15) is 5.26 Å². The molecule has 0 radical (unpaired) electrons. The molecule has 2 rings (SSSR count). The van der Waals surface area contributed by atoms with Crippen molar-refractivity contribution in [1.82, 2.24) is 9.80 Å². The third-order valence-electron chi connectivity index (χ3n) is 3.79. The maximum absolute atomic E-state index is 13.6. The summed E-state index contributed by atoms with van der Waals surface area (Å²) in [6.07, 6.45) is 0. The molecule has 0 bridgehead atoms. The minimum absolute atomic E-state index is 0.137. The summed E-state index contributed by atoms with van der Waals surface area (Å²) in [5.41, 5.74) is 0.333. The van der Waals surface area contributed by atoms with Gasteiger partial charge in [0.2, 0.25) is 0 Å². The van der Waals surface area contributed by atoms with Crippen LogP contribution in [0.5, 0.6) is 0 Å². The van der Waals surface area contributed by atoms with Gasteiger partial charge in [-0.3, -0.25) is 9.80 Å². The van der Waals surface area contributed by atoms with Crippen LogP contribution in [0.1, 0.15) is 19.4 Å². The lowest BCUT2D eigenvalue weighted by atomic mass is 10.0. The van der Waals surface area contributed by atoms with Gasteiger partial charge in [-0.25, -0.2) is 4.39 Å². The van der Waals surface area contributed by atoms with Crippen LogP contribution >= 0.6 is 0 Å². The Hall–Kier alpha value is -1.44. The molecule has 1 fully saturated rings. The van der Waals surface area contributed by atoms with Gasteiger partial charge < -0.3 is 0 Å². The van der Waals surface area contributed by atoms with Crippen molar-refractivity contribution in [2.24, 2.45) is 0 Å². The summed E-state index contributed by atoms with van der Waals surface area (Å²) in [6.45, 7) is 8.00. The van der Waals surface area contributed by atoms with Crippen LogP contribution in [0.2, 0.25) is 0 Å². The maximum Gasteiger partial charge on any atom is 0.127 e. The van der Waals surface area contributed by atoms with E-state index in [1.807, 2.05) is 26.0 Å². The molecular formula is C15H20FN3. The Kier molecular flexibility index (Phi) is 4.18. The zero-order valence-electron chi connectivity index (χ0n) is 11.6. The van der Waals surface area contributed by atoms with E-state index in [-0.39, 0.29) is 5.82 Å². The van der Waals surface area contributed by atoms with Crippen LogP contribution in [0, 0.1) is 17.1 Å². The summed E-state index contributed by atoms with van der Waals surface area (Å²) in [5.74, 6) is -0.137. The molecule has 1 aliphatic rings. The Labute approximate surface area is 114 Å². The molecule has 0 aliphatic carbocycles. The highest BCUT2D eigenvalue weighted by Gasteiger charge is 2.29. The highest BCUT2D eigenvalue weighted by molar-refractivity contribution is 5.17. The van der Waals surface area contributed by atoms with E-state index in [0.717, 1.165) is 31.7 Å². The zero-order chi connectivity index (χ0) is 13.9. The van der Waals surface area contributed by atoms with Crippen molar-refractivity contribution < 1.29 is 4.39 Å². The average Bonchev–Trinajstić information content (AvgIpc) is 2.42. The number of nitrogens with zero attached hydrogens (tertiary/aromatic N) is 3. The fraction of sp³-hybridized carbons (Fsp3) is 0.533. The smallest absolute Gasteiger partial charge is 0.127 e. The molecule has 0 atom stereocenters. The number of rotatable bonds is 3. The highest BCUT2D eigenvalue weighted by atomic mass is 19.1. The van der Waals surface area contributed by atoms with Crippen LogP contribution in [-0.4, -0.2) is 41.5 Å². The van der Waals surface area contributed by atoms with Gasteiger partial charge in [0.25, 0.3) is 0 Å². The minimum Gasteiger partial charge on any atom is -0.296 e. The third-order valence-corrected chi connectivity index (χ3v) is 3.79. The summed E-state index contributed by atoms with van der Waals surface area (Å²) in [7, 11) is 0. The van der Waals surface area contributed by atoms with Crippen LogP contribution in [0.4, 0.5) is 4.39 Å². The second kappa shape index (κ2) is 5.68. The van der Waals surface area contributed by atoms with Crippen LogP contribution in [-0.2, 0) is 6.54 Å². The van der Waals surface area contributed by atoms with Crippen molar-refractivity contribution >= 4 is 0 Å². The number of hydrogen-bond donors (Lipinski definition) is 0. The SMILES string of the molecule is CC(C)(C#N)N1CCN(Cc2ccccc2F)CC1. The molecule has 0 aromatic heterocycles. The molecule has 4 heteroatoms. The Morgan fingerprint density at radius 2 is 1.84 bits per heavy atom. The molecule has 0 unspecified atom stereocenters. The van der Waals surface area contributed by atoms with Crippen LogP contribution in [0.15, 0.2) is 24.3 Å². The number of hydrogen-bond acceptors (Lipinski definition) is 3. The maximum atomic E-state index is 13.6. The molecular weight excluding hydrogens is 241 g/mol.